The smallest absolute Gasteiger partial charge is 0.379 e. The lowest BCUT2D eigenvalue weighted by Crippen LogP contribution is -2.60. The summed E-state index contributed by atoms with van der Waals surface area (Å²) in [5.41, 5.74) is 2.38. The molecule has 1 fully saturated rings. The first-order valence-corrected chi connectivity index (χ1v) is 6.23. The van der Waals surface area contributed by atoms with Crippen LogP contribution in [-0.4, -0.2) is 38.9 Å². The lowest BCUT2D eigenvalue weighted by molar-refractivity contribution is -0.156. The molecular weight excluding hydrogens is 248 g/mol. The first-order valence-electron chi connectivity index (χ1n) is 4.85. The van der Waals surface area contributed by atoms with Crippen LogP contribution in [0.25, 0.3) is 0 Å². The van der Waals surface area contributed by atoms with Crippen molar-refractivity contribution in [1.82, 2.24) is 10.4 Å². The van der Waals surface area contributed by atoms with E-state index in [2.05, 4.69) is 4.84 Å². The SMILES string of the molecule is CC1=C(C(=O)ONC=O)N2C(=O)C[C@H]2[S@@+]([O-])C1. The van der Waals surface area contributed by atoms with E-state index in [1.165, 1.54) is 4.90 Å². The van der Waals surface area contributed by atoms with Crippen LogP contribution in [0.2, 0.25) is 0 Å². The molecule has 2 heterocycles. The van der Waals surface area contributed by atoms with Gasteiger partial charge in [-0.1, -0.05) is 0 Å². The predicted molar refractivity (Wildman–Crippen MR) is 56.3 cm³/mol. The van der Waals surface area contributed by atoms with Gasteiger partial charge >= 0.3 is 5.97 Å². The number of carbonyl (C=O) groups is 3. The van der Waals surface area contributed by atoms with Crippen molar-refractivity contribution in [2.75, 3.05) is 5.75 Å². The molecule has 2 aliphatic rings. The summed E-state index contributed by atoms with van der Waals surface area (Å²) in [7, 11) is 0. The van der Waals surface area contributed by atoms with E-state index in [4.69, 9.17) is 0 Å². The zero-order valence-corrected chi connectivity index (χ0v) is 9.78. The quantitative estimate of drug-likeness (QED) is 0.296. The molecular formula is C9H10N2O5S. The predicted octanol–water partition coefficient (Wildman–Crippen LogP) is -1.21. The van der Waals surface area contributed by atoms with Crippen LogP contribution in [0.15, 0.2) is 11.3 Å². The van der Waals surface area contributed by atoms with E-state index in [1.54, 1.807) is 12.4 Å². The van der Waals surface area contributed by atoms with Crippen molar-refractivity contribution < 1.29 is 23.8 Å². The Morgan fingerprint density at radius 2 is 2.41 bits per heavy atom. The second kappa shape index (κ2) is 4.38. The summed E-state index contributed by atoms with van der Waals surface area (Å²) in [6.07, 6.45) is 0.391. The zero-order valence-electron chi connectivity index (χ0n) is 8.97. The van der Waals surface area contributed by atoms with E-state index >= 15 is 0 Å². The van der Waals surface area contributed by atoms with Gasteiger partial charge in [-0.25, -0.2) is 4.79 Å². The number of β-lactam (4-membered cyclic amide) rings is 1. The molecule has 0 spiro atoms. The minimum atomic E-state index is -1.17. The van der Waals surface area contributed by atoms with E-state index < -0.39 is 22.5 Å². The first-order chi connectivity index (χ1) is 8.06. The molecule has 2 amide bonds. The Morgan fingerprint density at radius 1 is 1.71 bits per heavy atom. The number of amides is 2. The van der Waals surface area contributed by atoms with E-state index in [0.29, 0.717) is 5.57 Å². The molecule has 1 N–H and O–H groups in total. The van der Waals surface area contributed by atoms with Crippen LogP contribution in [-0.2, 0) is 30.4 Å². The molecule has 0 aromatic heterocycles. The van der Waals surface area contributed by atoms with Gasteiger partial charge in [0.2, 0.25) is 17.7 Å². The van der Waals surface area contributed by atoms with E-state index in [0.717, 1.165) is 0 Å². The van der Waals surface area contributed by atoms with Crippen molar-refractivity contribution in [3.05, 3.63) is 11.3 Å². The monoisotopic (exact) mass is 258 g/mol. The second-order valence-electron chi connectivity index (χ2n) is 3.70. The molecule has 2 aliphatic heterocycles. The van der Waals surface area contributed by atoms with Gasteiger partial charge in [0, 0.05) is 5.57 Å². The summed E-state index contributed by atoms with van der Waals surface area (Å²) in [4.78, 5) is 38.6. The normalized spacial score (nSPS) is 27.2. The zero-order chi connectivity index (χ0) is 12.6. The highest BCUT2D eigenvalue weighted by Crippen LogP contribution is 2.36. The topological polar surface area (TPSA) is 98.8 Å². The van der Waals surface area contributed by atoms with Crippen molar-refractivity contribution in [2.24, 2.45) is 0 Å². The fourth-order valence-electron chi connectivity index (χ4n) is 1.85. The highest BCUT2D eigenvalue weighted by atomic mass is 32.2. The van der Waals surface area contributed by atoms with Gasteiger partial charge in [0.05, 0.1) is 6.42 Å². The van der Waals surface area contributed by atoms with Crippen LogP contribution in [0, 0.1) is 0 Å². The molecule has 0 saturated carbocycles. The van der Waals surface area contributed by atoms with Crippen molar-refractivity contribution in [3.8, 4) is 0 Å². The number of fused-ring (bicyclic) bond motifs is 1. The molecule has 2 rings (SSSR count). The molecule has 8 heteroatoms. The Bertz CT molecular complexity index is 422. The summed E-state index contributed by atoms with van der Waals surface area (Å²) >= 11 is -1.17. The third-order valence-electron chi connectivity index (χ3n) is 2.61. The van der Waals surface area contributed by atoms with Crippen LogP contribution >= 0.6 is 0 Å². The van der Waals surface area contributed by atoms with Gasteiger partial charge in [0.15, 0.2) is 0 Å². The van der Waals surface area contributed by atoms with Gasteiger partial charge in [-0.15, -0.1) is 0 Å². The number of nitrogens with one attached hydrogen (secondary N) is 1. The van der Waals surface area contributed by atoms with Crippen LogP contribution < -0.4 is 5.48 Å². The van der Waals surface area contributed by atoms with Gasteiger partial charge in [-0.2, -0.15) is 5.48 Å². The van der Waals surface area contributed by atoms with Gasteiger partial charge in [0.25, 0.3) is 0 Å². The Hall–Kier alpha value is -1.54. The maximum atomic E-state index is 11.7. The van der Waals surface area contributed by atoms with Gasteiger partial charge in [0.1, 0.15) is 11.4 Å². The minimum absolute atomic E-state index is 0.0835. The molecule has 0 aromatic carbocycles. The molecule has 2 atom stereocenters. The van der Waals surface area contributed by atoms with Crippen LogP contribution in [0.3, 0.4) is 0 Å². The first kappa shape index (κ1) is 11.9. The third kappa shape index (κ3) is 1.89. The lowest BCUT2D eigenvalue weighted by Gasteiger charge is -2.43. The molecule has 7 nitrogen and oxygen atoms in total. The molecule has 1 saturated heterocycles. The van der Waals surface area contributed by atoms with Gasteiger partial charge in [-0.3, -0.25) is 14.5 Å². The van der Waals surface area contributed by atoms with Crippen molar-refractivity contribution in [2.45, 2.75) is 18.7 Å². The molecule has 0 aromatic rings. The Kier molecular flexibility index (Phi) is 3.07. The molecule has 0 unspecified atom stereocenters. The van der Waals surface area contributed by atoms with Gasteiger partial charge < -0.3 is 9.39 Å². The molecule has 92 valence electrons. The van der Waals surface area contributed by atoms with Crippen molar-refractivity contribution in [3.63, 3.8) is 0 Å². The molecule has 0 bridgehead atoms. The molecule has 0 aliphatic carbocycles. The number of hydrogen-bond acceptors (Lipinski definition) is 5. The fourth-order valence-corrected chi connectivity index (χ4v) is 3.39. The maximum Gasteiger partial charge on any atom is 0.379 e. The highest BCUT2D eigenvalue weighted by Gasteiger charge is 2.52. The average Bonchev–Trinajstić information content (AvgIpc) is 2.27. The van der Waals surface area contributed by atoms with Crippen LogP contribution in [0.5, 0.6) is 0 Å². The lowest BCUT2D eigenvalue weighted by atomic mass is 10.1. The Balaban J connectivity index is 2.23. The second-order valence-corrected chi connectivity index (χ2v) is 5.30. The Morgan fingerprint density at radius 3 is 3.00 bits per heavy atom. The number of nitrogens with zero attached hydrogens (tertiary/aromatic N) is 1. The summed E-state index contributed by atoms with van der Waals surface area (Å²) in [5.74, 6) is -0.843. The van der Waals surface area contributed by atoms with Crippen molar-refractivity contribution >= 4 is 29.5 Å². The summed E-state index contributed by atoms with van der Waals surface area (Å²) in [6, 6.07) is 0. The van der Waals surface area contributed by atoms with E-state index in [9.17, 15) is 18.9 Å². The minimum Gasteiger partial charge on any atom is -0.614 e. The van der Waals surface area contributed by atoms with Gasteiger partial charge in [-0.05, 0) is 18.1 Å². The average molecular weight is 258 g/mol. The standard InChI is InChI=1S/C9H10N2O5S/c1-5-3-17(15)7-2-6(13)11(7)8(5)9(14)16-10-4-12/h4,7H,2-3H2,1H3,(H,10,12)/t7-,17+/m1/s1. The fraction of sp³-hybridized carbons (Fsp3) is 0.444. The third-order valence-corrected chi connectivity index (χ3v) is 4.31. The largest absolute Gasteiger partial charge is 0.614 e. The maximum absolute atomic E-state index is 11.7. The van der Waals surface area contributed by atoms with Crippen LogP contribution in [0.4, 0.5) is 0 Å². The molecule has 17 heavy (non-hydrogen) atoms. The number of hydrogen-bond donors (Lipinski definition) is 1. The van der Waals surface area contributed by atoms with E-state index in [1.807, 2.05) is 0 Å². The molecule has 0 radical (unpaired) electrons. The van der Waals surface area contributed by atoms with Crippen LogP contribution in [0.1, 0.15) is 13.3 Å². The summed E-state index contributed by atoms with van der Waals surface area (Å²) in [5, 5.41) is -0.440. The van der Waals surface area contributed by atoms with Crippen molar-refractivity contribution in [1.29, 1.82) is 0 Å². The number of carbonyl (C=O) groups excluding carboxylic acids is 3. The number of rotatable bonds is 3. The highest BCUT2D eigenvalue weighted by molar-refractivity contribution is 7.92. The summed E-state index contributed by atoms with van der Waals surface area (Å²) in [6.45, 7) is 1.61. The Labute approximate surface area is 99.9 Å². The number of hydroxylamine groups is 1. The summed E-state index contributed by atoms with van der Waals surface area (Å²) < 4.78 is 11.7. The van der Waals surface area contributed by atoms with E-state index in [-0.39, 0.29) is 30.2 Å².